The smallest absolute Gasteiger partial charge is 0.233 e. The summed E-state index contributed by atoms with van der Waals surface area (Å²) in [6.45, 7) is 7.68. The minimum Gasteiger partial charge on any atom is -0.476 e. The second-order valence-corrected chi connectivity index (χ2v) is 4.37. The van der Waals surface area contributed by atoms with Crippen molar-refractivity contribution in [3.8, 4) is 5.88 Å². The first-order valence-corrected chi connectivity index (χ1v) is 5.81. The number of ether oxygens (including phenoxy) is 1. The molecule has 1 aromatic rings. The van der Waals surface area contributed by atoms with E-state index in [0.717, 1.165) is 16.8 Å². The minimum atomic E-state index is 0.481. The lowest BCUT2D eigenvalue weighted by molar-refractivity contribution is 0.259. The third-order valence-corrected chi connectivity index (χ3v) is 2.37. The summed E-state index contributed by atoms with van der Waals surface area (Å²) in [6.07, 6.45) is 1.50. The van der Waals surface area contributed by atoms with Gasteiger partial charge < -0.3 is 10.1 Å². The summed E-state index contributed by atoms with van der Waals surface area (Å²) in [5.41, 5.74) is 0. The van der Waals surface area contributed by atoms with E-state index < -0.39 is 0 Å². The molecule has 0 bridgehead atoms. The van der Waals surface area contributed by atoms with E-state index in [1.807, 2.05) is 6.92 Å². The molecular formula is C10H16BrN3O. The molecule has 84 valence electrons. The second kappa shape index (κ2) is 5.90. The molecule has 1 aromatic heterocycles. The Hall–Kier alpha value is -0.840. The fourth-order valence-electron chi connectivity index (χ4n) is 0.991. The highest BCUT2D eigenvalue weighted by molar-refractivity contribution is 9.10. The van der Waals surface area contributed by atoms with Gasteiger partial charge in [0, 0.05) is 6.54 Å². The Morgan fingerprint density at radius 1 is 1.47 bits per heavy atom. The van der Waals surface area contributed by atoms with Crippen molar-refractivity contribution >= 4 is 21.7 Å². The number of anilines is 1. The second-order valence-electron chi connectivity index (χ2n) is 3.58. The zero-order valence-corrected chi connectivity index (χ0v) is 10.8. The fraction of sp³-hybridized carbons (Fsp3) is 0.600. The Morgan fingerprint density at radius 3 is 2.80 bits per heavy atom. The van der Waals surface area contributed by atoms with Crippen LogP contribution in [0.15, 0.2) is 10.8 Å². The van der Waals surface area contributed by atoms with E-state index in [1.165, 1.54) is 6.33 Å². The zero-order valence-electron chi connectivity index (χ0n) is 9.25. The maximum Gasteiger partial charge on any atom is 0.233 e. The summed E-state index contributed by atoms with van der Waals surface area (Å²) in [4.78, 5) is 8.18. The highest BCUT2D eigenvalue weighted by Crippen LogP contribution is 2.28. The molecule has 0 radical (unpaired) electrons. The molecule has 0 saturated carbocycles. The summed E-state index contributed by atoms with van der Waals surface area (Å²) in [5, 5.41) is 3.13. The van der Waals surface area contributed by atoms with Gasteiger partial charge in [-0.05, 0) is 28.8 Å². The number of nitrogens with zero attached hydrogens (tertiary/aromatic N) is 2. The number of hydrogen-bond acceptors (Lipinski definition) is 4. The maximum absolute atomic E-state index is 5.55. The lowest BCUT2D eigenvalue weighted by Gasteiger charge is -2.11. The molecule has 5 heteroatoms. The molecule has 0 saturated heterocycles. The van der Waals surface area contributed by atoms with Crippen LogP contribution in [-0.4, -0.2) is 23.1 Å². The van der Waals surface area contributed by atoms with Crippen LogP contribution in [0.2, 0.25) is 0 Å². The van der Waals surface area contributed by atoms with Crippen LogP contribution in [0.25, 0.3) is 0 Å². The average Bonchev–Trinajstić information content (AvgIpc) is 2.19. The van der Waals surface area contributed by atoms with Gasteiger partial charge in [-0.3, -0.25) is 0 Å². The van der Waals surface area contributed by atoms with Crippen LogP contribution < -0.4 is 10.1 Å². The highest BCUT2D eigenvalue weighted by Gasteiger charge is 2.09. The van der Waals surface area contributed by atoms with E-state index in [-0.39, 0.29) is 0 Å². The first-order chi connectivity index (χ1) is 7.15. The lowest BCUT2D eigenvalue weighted by atomic mass is 10.2. The van der Waals surface area contributed by atoms with Crippen molar-refractivity contribution in [2.45, 2.75) is 20.8 Å². The monoisotopic (exact) mass is 273 g/mol. The van der Waals surface area contributed by atoms with E-state index >= 15 is 0 Å². The number of rotatable bonds is 5. The normalized spacial score (nSPS) is 10.5. The molecule has 15 heavy (non-hydrogen) atoms. The lowest BCUT2D eigenvalue weighted by Crippen LogP contribution is -2.08. The average molecular weight is 274 g/mol. The molecule has 0 amide bonds. The minimum absolute atomic E-state index is 0.481. The van der Waals surface area contributed by atoms with Gasteiger partial charge in [-0.2, -0.15) is 0 Å². The van der Waals surface area contributed by atoms with E-state index in [0.29, 0.717) is 18.4 Å². The standard InChI is InChI=1S/C10H16BrN3O/c1-4-12-9-8(11)10(14-6-13-9)15-5-7(2)3/h6-7H,4-5H2,1-3H3,(H,12,13,14). The molecule has 0 aliphatic carbocycles. The van der Waals surface area contributed by atoms with Crippen LogP contribution in [0.5, 0.6) is 5.88 Å². The molecule has 0 unspecified atom stereocenters. The van der Waals surface area contributed by atoms with Gasteiger partial charge in [0.25, 0.3) is 0 Å². The SMILES string of the molecule is CCNc1ncnc(OCC(C)C)c1Br. The number of nitrogens with one attached hydrogen (secondary N) is 1. The molecule has 0 fully saturated rings. The molecule has 0 aromatic carbocycles. The Bertz CT molecular complexity index is 318. The van der Waals surface area contributed by atoms with Gasteiger partial charge in [0.2, 0.25) is 5.88 Å². The van der Waals surface area contributed by atoms with Crippen LogP contribution in [0.4, 0.5) is 5.82 Å². The van der Waals surface area contributed by atoms with Crippen molar-refractivity contribution in [2.75, 3.05) is 18.5 Å². The van der Waals surface area contributed by atoms with Crippen molar-refractivity contribution in [3.05, 3.63) is 10.8 Å². The predicted octanol–water partition coefficient (Wildman–Crippen LogP) is 2.71. The van der Waals surface area contributed by atoms with Crippen LogP contribution in [0.1, 0.15) is 20.8 Å². The molecule has 1 N–H and O–H groups in total. The summed E-state index contributed by atoms with van der Waals surface area (Å²) in [6, 6.07) is 0. The molecule has 1 heterocycles. The molecule has 0 atom stereocenters. The molecular weight excluding hydrogens is 258 g/mol. The summed E-state index contributed by atoms with van der Waals surface area (Å²) < 4.78 is 6.33. The Balaban J connectivity index is 2.75. The number of aromatic nitrogens is 2. The highest BCUT2D eigenvalue weighted by atomic mass is 79.9. The van der Waals surface area contributed by atoms with Gasteiger partial charge in [-0.1, -0.05) is 13.8 Å². The van der Waals surface area contributed by atoms with Crippen molar-refractivity contribution in [1.82, 2.24) is 9.97 Å². The molecule has 0 spiro atoms. The first-order valence-electron chi connectivity index (χ1n) is 5.02. The number of hydrogen-bond donors (Lipinski definition) is 1. The Morgan fingerprint density at radius 2 is 2.20 bits per heavy atom. The van der Waals surface area contributed by atoms with Crippen molar-refractivity contribution in [1.29, 1.82) is 0 Å². The van der Waals surface area contributed by atoms with Crippen LogP contribution >= 0.6 is 15.9 Å². The van der Waals surface area contributed by atoms with E-state index in [1.54, 1.807) is 0 Å². The van der Waals surface area contributed by atoms with Gasteiger partial charge in [0.1, 0.15) is 16.6 Å². The quantitative estimate of drug-likeness (QED) is 0.896. The predicted molar refractivity (Wildman–Crippen MR) is 64.2 cm³/mol. The maximum atomic E-state index is 5.55. The molecule has 0 aliphatic heterocycles. The largest absolute Gasteiger partial charge is 0.476 e. The van der Waals surface area contributed by atoms with Crippen molar-refractivity contribution < 1.29 is 4.74 Å². The van der Waals surface area contributed by atoms with Gasteiger partial charge in [0.15, 0.2) is 0 Å². The third kappa shape index (κ3) is 3.66. The first kappa shape index (κ1) is 12.2. The zero-order chi connectivity index (χ0) is 11.3. The van der Waals surface area contributed by atoms with Crippen molar-refractivity contribution in [2.24, 2.45) is 5.92 Å². The van der Waals surface area contributed by atoms with Crippen LogP contribution in [-0.2, 0) is 0 Å². The topological polar surface area (TPSA) is 47.0 Å². The summed E-state index contributed by atoms with van der Waals surface area (Å²) >= 11 is 3.42. The fourth-order valence-corrected chi connectivity index (χ4v) is 1.45. The molecule has 0 aliphatic rings. The van der Waals surface area contributed by atoms with Gasteiger partial charge in [-0.15, -0.1) is 0 Å². The van der Waals surface area contributed by atoms with Crippen LogP contribution in [0, 0.1) is 5.92 Å². The molecule has 1 rings (SSSR count). The van der Waals surface area contributed by atoms with Gasteiger partial charge in [-0.25, -0.2) is 9.97 Å². The third-order valence-electron chi connectivity index (χ3n) is 1.66. The molecule has 4 nitrogen and oxygen atoms in total. The summed E-state index contributed by atoms with van der Waals surface area (Å²) in [5.74, 6) is 1.84. The number of halogens is 1. The summed E-state index contributed by atoms with van der Waals surface area (Å²) in [7, 11) is 0. The van der Waals surface area contributed by atoms with E-state index in [2.05, 4.69) is 45.1 Å². The van der Waals surface area contributed by atoms with Gasteiger partial charge >= 0.3 is 0 Å². The van der Waals surface area contributed by atoms with Crippen molar-refractivity contribution in [3.63, 3.8) is 0 Å². The van der Waals surface area contributed by atoms with Gasteiger partial charge in [0.05, 0.1) is 6.61 Å². The Kier molecular flexibility index (Phi) is 4.81. The van der Waals surface area contributed by atoms with E-state index in [4.69, 9.17) is 4.74 Å². The van der Waals surface area contributed by atoms with Crippen LogP contribution in [0.3, 0.4) is 0 Å². The van der Waals surface area contributed by atoms with E-state index in [9.17, 15) is 0 Å². The Labute approximate surface area is 98.6 Å².